The van der Waals surface area contributed by atoms with E-state index in [9.17, 15) is 13.2 Å². The van der Waals surface area contributed by atoms with Crippen LogP contribution in [0.15, 0.2) is 34.2 Å². The maximum absolute atomic E-state index is 12.7. The summed E-state index contributed by atoms with van der Waals surface area (Å²) in [6, 6.07) is 5.51. The summed E-state index contributed by atoms with van der Waals surface area (Å²) in [4.78, 5) is 7.70. The molecule has 21 heavy (non-hydrogen) atoms. The average Bonchev–Trinajstić information content (AvgIpc) is 2.41. The van der Waals surface area contributed by atoms with E-state index in [1.54, 1.807) is 12.1 Å². The van der Waals surface area contributed by atoms with Crippen LogP contribution in [0.1, 0.15) is 5.69 Å². The quantitative estimate of drug-likeness (QED) is 0.490. The number of alkyl halides is 3. The van der Waals surface area contributed by atoms with Gasteiger partial charge >= 0.3 is 6.18 Å². The smallest absolute Gasteiger partial charge is 0.292 e. The number of aromatic nitrogens is 2. The Labute approximate surface area is 131 Å². The highest BCUT2D eigenvalue weighted by Crippen LogP contribution is 2.35. The van der Waals surface area contributed by atoms with Crippen LogP contribution in [0.4, 0.5) is 19.1 Å². The molecule has 1 heterocycles. The van der Waals surface area contributed by atoms with E-state index < -0.39 is 11.9 Å². The van der Waals surface area contributed by atoms with Crippen molar-refractivity contribution in [3.63, 3.8) is 0 Å². The van der Waals surface area contributed by atoms with Gasteiger partial charge in [-0.25, -0.2) is 15.8 Å². The number of nitrogens with one attached hydrogen (secondary N) is 1. The number of nitrogens with two attached hydrogens (primary N) is 1. The van der Waals surface area contributed by atoms with Crippen LogP contribution in [-0.4, -0.2) is 9.97 Å². The maximum atomic E-state index is 12.7. The van der Waals surface area contributed by atoms with Gasteiger partial charge in [0.2, 0.25) is 5.95 Å². The van der Waals surface area contributed by atoms with Crippen LogP contribution in [0, 0.1) is 0 Å². The average molecular weight is 355 g/mol. The number of hydrazine groups is 1. The molecule has 0 fully saturated rings. The summed E-state index contributed by atoms with van der Waals surface area (Å²) in [5.41, 5.74) is 0.914. The molecule has 2 rings (SSSR count). The molecule has 10 heteroatoms. The van der Waals surface area contributed by atoms with Crippen molar-refractivity contribution in [1.29, 1.82) is 0 Å². The molecule has 2 aromatic rings. The van der Waals surface area contributed by atoms with Crippen LogP contribution >= 0.6 is 35.0 Å². The van der Waals surface area contributed by atoms with Crippen molar-refractivity contribution in [2.75, 3.05) is 5.43 Å². The van der Waals surface area contributed by atoms with Crippen molar-refractivity contribution in [3.8, 4) is 0 Å². The number of halogens is 5. The van der Waals surface area contributed by atoms with E-state index >= 15 is 0 Å². The van der Waals surface area contributed by atoms with Crippen LogP contribution in [0.25, 0.3) is 0 Å². The van der Waals surface area contributed by atoms with Crippen molar-refractivity contribution >= 4 is 40.9 Å². The molecule has 0 saturated carbocycles. The Kier molecular flexibility index (Phi) is 4.82. The summed E-state index contributed by atoms with van der Waals surface area (Å²) >= 11 is 12.6. The van der Waals surface area contributed by atoms with Crippen molar-refractivity contribution in [2.24, 2.45) is 5.84 Å². The molecule has 0 saturated heterocycles. The minimum Gasteiger partial charge on any atom is -0.292 e. The zero-order chi connectivity index (χ0) is 15.6. The molecule has 0 spiro atoms. The van der Waals surface area contributed by atoms with E-state index in [1.807, 2.05) is 5.43 Å². The largest absolute Gasteiger partial charge is 0.433 e. The molecule has 0 amide bonds. The van der Waals surface area contributed by atoms with Crippen LogP contribution in [-0.2, 0) is 6.18 Å². The van der Waals surface area contributed by atoms with E-state index in [-0.39, 0.29) is 11.0 Å². The van der Waals surface area contributed by atoms with Crippen LogP contribution in [0.2, 0.25) is 10.0 Å². The number of benzene rings is 1. The van der Waals surface area contributed by atoms with Gasteiger partial charge in [-0.1, -0.05) is 35.0 Å². The summed E-state index contributed by atoms with van der Waals surface area (Å²) < 4.78 is 38.2. The Hall–Kier alpha value is -1.22. The number of rotatable bonds is 3. The minimum absolute atomic E-state index is 0.0728. The van der Waals surface area contributed by atoms with Crippen molar-refractivity contribution in [3.05, 3.63) is 40.0 Å². The number of anilines is 1. The Bertz CT molecular complexity index is 666. The first-order valence-electron chi connectivity index (χ1n) is 5.35. The molecule has 1 aromatic carbocycles. The van der Waals surface area contributed by atoms with Gasteiger partial charge in [0.15, 0.2) is 5.69 Å². The summed E-state index contributed by atoms with van der Waals surface area (Å²) in [6.07, 6.45) is -4.60. The van der Waals surface area contributed by atoms with Crippen LogP contribution in [0.5, 0.6) is 0 Å². The third-order valence-electron chi connectivity index (χ3n) is 2.24. The predicted octanol–water partition coefficient (Wildman–Crippen LogP) is 4.24. The lowest BCUT2D eigenvalue weighted by molar-refractivity contribution is -0.141. The SMILES string of the molecule is NNc1nc(Sc2ccc(Cl)c(Cl)c2)cc(C(F)(F)F)n1. The predicted molar refractivity (Wildman–Crippen MR) is 75.4 cm³/mol. The second-order valence-electron chi connectivity index (χ2n) is 3.74. The molecule has 0 atom stereocenters. The van der Waals surface area contributed by atoms with Gasteiger partial charge in [0, 0.05) is 11.0 Å². The topological polar surface area (TPSA) is 63.8 Å². The number of hydrogen-bond donors (Lipinski definition) is 2. The highest BCUT2D eigenvalue weighted by molar-refractivity contribution is 7.99. The van der Waals surface area contributed by atoms with Gasteiger partial charge in [0.1, 0.15) is 5.03 Å². The molecule has 1 aromatic heterocycles. The number of nitrogens with zero attached hydrogens (tertiary/aromatic N) is 2. The first-order valence-corrected chi connectivity index (χ1v) is 6.92. The maximum Gasteiger partial charge on any atom is 0.433 e. The third kappa shape index (κ3) is 4.13. The molecule has 0 radical (unpaired) electrons. The van der Waals surface area contributed by atoms with Gasteiger partial charge in [-0.2, -0.15) is 13.2 Å². The van der Waals surface area contributed by atoms with Crippen molar-refractivity contribution in [1.82, 2.24) is 9.97 Å². The molecule has 0 unspecified atom stereocenters. The lowest BCUT2D eigenvalue weighted by Gasteiger charge is -2.10. The molecule has 0 aliphatic carbocycles. The molecule has 0 aliphatic heterocycles. The Morgan fingerprint density at radius 3 is 2.38 bits per heavy atom. The second kappa shape index (κ2) is 6.27. The standard InChI is InChI=1S/C11H7Cl2F3N4S/c12-6-2-1-5(3-7(6)13)21-9-4-8(11(14,15)16)18-10(19-9)20-17/h1-4H,17H2,(H,18,19,20). The monoisotopic (exact) mass is 354 g/mol. The minimum atomic E-state index is -4.60. The summed E-state index contributed by atoms with van der Waals surface area (Å²) in [7, 11) is 0. The van der Waals surface area contributed by atoms with E-state index in [2.05, 4.69) is 9.97 Å². The van der Waals surface area contributed by atoms with Gasteiger partial charge in [0.05, 0.1) is 10.0 Å². The fourth-order valence-electron chi connectivity index (χ4n) is 1.35. The summed E-state index contributed by atoms with van der Waals surface area (Å²) in [5.74, 6) is 4.75. The van der Waals surface area contributed by atoms with E-state index in [4.69, 9.17) is 29.0 Å². The zero-order valence-electron chi connectivity index (χ0n) is 10.1. The van der Waals surface area contributed by atoms with Gasteiger partial charge in [0.25, 0.3) is 0 Å². The molecule has 0 bridgehead atoms. The van der Waals surface area contributed by atoms with Gasteiger partial charge in [-0.3, -0.25) is 5.43 Å². The van der Waals surface area contributed by atoms with Gasteiger partial charge in [-0.05, 0) is 18.2 Å². The van der Waals surface area contributed by atoms with E-state index in [0.717, 1.165) is 17.8 Å². The first kappa shape index (κ1) is 16.2. The Balaban J connectivity index is 2.36. The third-order valence-corrected chi connectivity index (χ3v) is 3.88. The van der Waals surface area contributed by atoms with E-state index in [1.165, 1.54) is 6.07 Å². The van der Waals surface area contributed by atoms with Gasteiger partial charge < -0.3 is 0 Å². The fourth-order valence-corrected chi connectivity index (χ4v) is 2.57. The molecule has 3 N–H and O–H groups in total. The highest BCUT2D eigenvalue weighted by Gasteiger charge is 2.33. The van der Waals surface area contributed by atoms with E-state index in [0.29, 0.717) is 14.9 Å². The molecule has 4 nitrogen and oxygen atoms in total. The lowest BCUT2D eigenvalue weighted by atomic mass is 10.4. The lowest BCUT2D eigenvalue weighted by Crippen LogP contribution is -2.15. The molecular weight excluding hydrogens is 348 g/mol. The van der Waals surface area contributed by atoms with Crippen LogP contribution in [0.3, 0.4) is 0 Å². The van der Waals surface area contributed by atoms with Crippen LogP contribution < -0.4 is 11.3 Å². The Morgan fingerprint density at radius 1 is 1.10 bits per heavy atom. The van der Waals surface area contributed by atoms with Gasteiger partial charge in [-0.15, -0.1) is 0 Å². The second-order valence-corrected chi connectivity index (χ2v) is 5.64. The molecular formula is C11H7Cl2F3N4S. The van der Waals surface area contributed by atoms with Crippen molar-refractivity contribution in [2.45, 2.75) is 16.1 Å². The fraction of sp³-hybridized carbons (Fsp3) is 0.0909. The zero-order valence-corrected chi connectivity index (χ0v) is 12.4. The number of hydrogen-bond acceptors (Lipinski definition) is 5. The number of nitrogen functional groups attached to an aromatic ring is 1. The molecule has 0 aliphatic rings. The highest BCUT2D eigenvalue weighted by atomic mass is 35.5. The summed E-state index contributed by atoms with van der Waals surface area (Å²) in [6.45, 7) is 0. The first-order chi connectivity index (χ1) is 9.79. The summed E-state index contributed by atoms with van der Waals surface area (Å²) in [5, 5.41) is 0.719. The molecule has 112 valence electrons. The normalized spacial score (nSPS) is 11.5. The van der Waals surface area contributed by atoms with Crippen molar-refractivity contribution < 1.29 is 13.2 Å². The Morgan fingerprint density at radius 2 is 1.81 bits per heavy atom.